The van der Waals surface area contributed by atoms with Crippen LogP contribution >= 0.6 is 0 Å². The van der Waals surface area contributed by atoms with Crippen molar-refractivity contribution in [2.45, 2.75) is 64.1 Å². The first-order valence-corrected chi connectivity index (χ1v) is 9.69. The summed E-state index contributed by atoms with van der Waals surface area (Å²) in [6.07, 6.45) is 9.02. The third-order valence-electron chi connectivity index (χ3n) is 4.91. The van der Waals surface area contributed by atoms with Crippen LogP contribution in [0.4, 0.5) is 0 Å². The van der Waals surface area contributed by atoms with Crippen LogP contribution in [-0.4, -0.2) is 33.8 Å². The Bertz CT molecular complexity index is 749. The minimum atomic E-state index is -0.821. The highest BCUT2D eigenvalue weighted by Crippen LogP contribution is 2.17. The van der Waals surface area contributed by atoms with Crippen LogP contribution in [0.15, 0.2) is 42.7 Å². The predicted octanol–water partition coefficient (Wildman–Crippen LogP) is 3.32. The lowest BCUT2D eigenvalue weighted by Gasteiger charge is -2.19. The van der Waals surface area contributed by atoms with Crippen LogP contribution in [0.2, 0.25) is 0 Å². The highest BCUT2D eigenvalue weighted by atomic mass is 16.5. The fraction of sp³-hybridized carbons (Fsp3) is 0.476. The lowest BCUT2D eigenvalue weighted by Crippen LogP contribution is -2.41. The molecule has 0 bridgehead atoms. The largest absolute Gasteiger partial charge is 0.449 e. The summed E-state index contributed by atoms with van der Waals surface area (Å²) in [6.45, 7) is 2.18. The number of hydrogen-bond acceptors (Lipinski definition) is 4. The van der Waals surface area contributed by atoms with Gasteiger partial charge in [0.2, 0.25) is 0 Å². The first-order chi connectivity index (χ1) is 13.1. The van der Waals surface area contributed by atoms with E-state index in [2.05, 4.69) is 10.4 Å². The molecule has 0 aliphatic heterocycles. The molecule has 27 heavy (non-hydrogen) atoms. The molecule has 1 fully saturated rings. The van der Waals surface area contributed by atoms with Gasteiger partial charge in [-0.05, 0) is 25.3 Å². The quantitative estimate of drug-likeness (QED) is 0.626. The fourth-order valence-electron chi connectivity index (χ4n) is 3.35. The van der Waals surface area contributed by atoms with Gasteiger partial charge in [-0.15, -0.1) is 0 Å². The molecule has 0 saturated heterocycles. The van der Waals surface area contributed by atoms with Crippen LogP contribution in [-0.2, 0) is 16.1 Å². The van der Waals surface area contributed by atoms with Gasteiger partial charge in [-0.25, -0.2) is 4.79 Å². The molecule has 1 aliphatic carbocycles. The standard InChI is InChI=1S/C21H27N3O3/c1-16(20(25)23-19-11-7-2-3-8-12-19)27-21(26)18-13-22-24(15-18)14-17-9-5-4-6-10-17/h4-6,9-10,13,15-16,19H,2-3,7-8,11-12,14H2,1H3,(H,23,25)/t16-/m0/s1. The Hall–Kier alpha value is -2.63. The van der Waals surface area contributed by atoms with Crippen molar-refractivity contribution in [2.75, 3.05) is 0 Å². The van der Waals surface area contributed by atoms with E-state index in [1.54, 1.807) is 17.8 Å². The third-order valence-corrected chi connectivity index (χ3v) is 4.91. The van der Waals surface area contributed by atoms with Crippen LogP contribution in [0.5, 0.6) is 0 Å². The zero-order chi connectivity index (χ0) is 19.1. The molecule has 0 spiro atoms. The molecule has 1 aromatic carbocycles. The summed E-state index contributed by atoms with van der Waals surface area (Å²) < 4.78 is 7.01. The van der Waals surface area contributed by atoms with E-state index in [0.717, 1.165) is 31.2 Å². The number of esters is 1. The summed E-state index contributed by atoms with van der Waals surface area (Å²) in [5, 5.41) is 7.22. The van der Waals surface area contributed by atoms with E-state index in [1.807, 2.05) is 30.3 Å². The smallest absolute Gasteiger partial charge is 0.342 e. The first-order valence-electron chi connectivity index (χ1n) is 9.69. The minimum absolute atomic E-state index is 0.190. The average Bonchev–Trinajstić information content (AvgIpc) is 2.98. The maximum Gasteiger partial charge on any atom is 0.342 e. The topological polar surface area (TPSA) is 73.2 Å². The summed E-state index contributed by atoms with van der Waals surface area (Å²) in [6, 6.07) is 10.1. The van der Waals surface area contributed by atoms with Gasteiger partial charge in [0, 0.05) is 12.2 Å². The molecule has 2 aromatic rings. The Morgan fingerprint density at radius 1 is 1.19 bits per heavy atom. The molecule has 0 unspecified atom stereocenters. The second-order valence-corrected chi connectivity index (χ2v) is 7.16. The number of aromatic nitrogens is 2. The molecular formula is C21H27N3O3. The number of rotatable bonds is 6. The third kappa shape index (κ3) is 5.67. The summed E-state index contributed by atoms with van der Waals surface area (Å²) in [5.41, 5.74) is 1.44. The summed E-state index contributed by atoms with van der Waals surface area (Å²) >= 11 is 0. The number of hydrogen-bond donors (Lipinski definition) is 1. The lowest BCUT2D eigenvalue weighted by molar-refractivity contribution is -0.129. The number of carbonyl (C=O) groups is 2. The van der Waals surface area contributed by atoms with Crippen molar-refractivity contribution in [3.63, 3.8) is 0 Å². The summed E-state index contributed by atoms with van der Waals surface area (Å²) in [4.78, 5) is 24.6. The first kappa shape index (κ1) is 19.1. The number of ether oxygens (including phenoxy) is 1. The van der Waals surface area contributed by atoms with Crippen molar-refractivity contribution < 1.29 is 14.3 Å². The van der Waals surface area contributed by atoms with Crippen molar-refractivity contribution in [1.29, 1.82) is 0 Å². The Kier molecular flexibility index (Phi) is 6.63. The Labute approximate surface area is 159 Å². The Morgan fingerprint density at radius 2 is 1.89 bits per heavy atom. The molecular weight excluding hydrogens is 342 g/mol. The van der Waals surface area contributed by atoms with Crippen LogP contribution in [0.1, 0.15) is 61.4 Å². The zero-order valence-corrected chi connectivity index (χ0v) is 15.8. The maximum atomic E-state index is 12.3. The predicted molar refractivity (Wildman–Crippen MR) is 102 cm³/mol. The Balaban J connectivity index is 1.51. The molecule has 1 aliphatic rings. The van der Waals surface area contributed by atoms with E-state index in [1.165, 1.54) is 19.0 Å². The van der Waals surface area contributed by atoms with E-state index < -0.39 is 12.1 Å². The molecule has 1 saturated carbocycles. The van der Waals surface area contributed by atoms with Crippen molar-refractivity contribution in [3.8, 4) is 0 Å². The van der Waals surface area contributed by atoms with E-state index in [4.69, 9.17) is 4.74 Å². The number of carbonyl (C=O) groups excluding carboxylic acids is 2. The summed E-state index contributed by atoms with van der Waals surface area (Å²) in [5.74, 6) is -0.759. The molecule has 1 amide bonds. The SMILES string of the molecule is C[C@H](OC(=O)c1cnn(Cc2ccccc2)c1)C(=O)NC1CCCCCC1. The molecule has 6 heteroatoms. The van der Waals surface area contributed by atoms with Crippen molar-refractivity contribution in [2.24, 2.45) is 0 Å². The summed E-state index contributed by atoms with van der Waals surface area (Å²) in [7, 11) is 0. The van der Waals surface area contributed by atoms with Gasteiger partial charge in [0.05, 0.1) is 18.3 Å². The second-order valence-electron chi connectivity index (χ2n) is 7.16. The molecule has 1 atom stereocenters. The van der Waals surface area contributed by atoms with Gasteiger partial charge in [-0.1, -0.05) is 56.0 Å². The van der Waals surface area contributed by atoms with E-state index in [9.17, 15) is 9.59 Å². The molecule has 0 radical (unpaired) electrons. The van der Waals surface area contributed by atoms with Gasteiger partial charge in [0.25, 0.3) is 5.91 Å². The lowest BCUT2D eigenvalue weighted by atomic mass is 10.1. The van der Waals surface area contributed by atoms with Gasteiger partial charge < -0.3 is 10.1 Å². The van der Waals surface area contributed by atoms with Gasteiger partial charge >= 0.3 is 5.97 Å². The fourth-order valence-corrected chi connectivity index (χ4v) is 3.35. The van der Waals surface area contributed by atoms with Crippen molar-refractivity contribution >= 4 is 11.9 Å². The number of benzene rings is 1. The van der Waals surface area contributed by atoms with E-state index in [-0.39, 0.29) is 11.9 Å². The van der Waals surface area contributed by atoms with Crippen molar-refractivity contribution in [1.82, 2.24) is 15.1 Å². The molecule has 3 rings (SSSR count). The monoisotopic (exact) mass is 369 g/mol. The molecule has 144 valence electrons. The number of nitrogens with zero attached hydrogens (tertiary/aromatic N) is 2. The van der Waals surface area contributed by atoms with Crippen LogP contribution < -0.4 is 5.32 Å². The van der Waals surface area contributed by atoms with Gasteiger partial charge in [-0.2, -0.15) is 5.10 Å². The molecule has 1 aromatic heterocycles. The molecule has 1 heterocycles. The van der Waals surface area contributed by atoms with Crippen LogP contribution in [0.25, 0.3) is 0 Å². The second kappa shape index (κ2) is 9.35. The van der Waals surface area contributed by atoms with E-state index >= 15 is 0 Å². The average molecular weight is 369 g/mol. The maximum absolute atomic E-state index is 12.3. The van der Waals surface area contributed by atoms with Crippen molar-refractivity contribution in [3.05, 3.63) is 53.9 Å². The molecule has 6 nitrogen and oxygen atoms in total. The normalized spacial score (nSPS) is 16.3. The molecule has 1 N–H and O–H groups in total. The minimum Gasteiger partial charge on any atom is -0.449 e. The Morgan fingerprint density at radius 3 is 2.59 bits per heavy atom. The number of nitrogens with one attached hydrogen (secondary N) is 1. The highest BCUT2D eigenvalue weighted by Gasteiger charge is 2.23. The zero-order valence-electron chi connectivity index (χ0n) is 15.8. The van der Waals surface area contributed by atoms with Crippen LogP contribution in [0, 0.1) is 0 Å². The van der Waals surface area contributed by atoms with Gasteiger partial charge in [0.1, 0.15) is 0 Å². The van der Waals surface area contributed by atoms with Crippen LogP contribution in [0.3, 0.4) is 0 Å². The van der Waals surface area contributed by atoms with Gasteiger partial charge in [-0.3, -0.25) is 9.48 Å². The van der Waals surface area contributed by atoms with Gasteiger partial charge in [0.15, 0.2) is 6.10 Å². The number of amides is 1. The van der Waals surface area contributed by atoms with E-state index in [0.29, 0.717) is 12.1 Å². The highest BCUT2D eigenvalue weighted by molar-refractivity contribution is 5.91.